The van der Waals surface area contributed by atoms with Crippen molar-refractivity contribution < 1.29 is 0 Å². The third kappa shape index (κ3) is 3.76. The molecule has 0 radical (unpaired) electrons. The molecule has 0 bridgehead atoms. The molecule has 112 valence electrons. The Bertz CT molecular complexity index is 612. The first kappa shape index (κ1) is 15.8. The lowest BCUT2D eigenvalue weighted by atomic mass is 9.91. The third-order valence-corrected chi connectivity index (χ3v) is 3.87. The molecule has 2 rings (SSSR count). The van der Waals surface area contributed by atoms with Crippen molar-refractivity contribution in [1.29, 1.82) is 0 Å². The van der Waals surface area contributed by atoms with E-state index in [4.69, 9.17) is 16.6 Å². The first-order chi connectivity index (χ1) is 9.81. The number of halogens is 1. The van der Waals surface area contributed by atoms with Crippen LogP contribution in [0.4, 0.5) is 11.5 Å². The van der Waals surface area contributed by atoms with Crippen LogP contribution in [0.1, 0.15) is 37.6 Å². The SMILES string of the molecule is Cc1ccc(N(C)c2cc(CCl)cc(C(C)(C)C)n2)cc1. The number of nitrogens with zero attached hydrogens (tertiary/aromatic N) is 2. The van der Waals surface area contributed by atoms with E-state index < -0.39 is 0 Å². The summed E-state index contributed by atoms with van der Waals surface area (Å²) in [5, 5.41) is 0. The van der Waals surface area contributed by atoms with E-state index in [1.54, 1.807) is 0 Å². The topological polar surface area (TPSA) is 16.1 Å². The predicted molar refractivity (Wildman–Crippen MR) is 91.7 cm³/mol. The van der Waals surface area contributed by atoms with Crippen LogP contribution in [0.25, 0.3) is 0 Å². The number of hydrogen-bond donors (Lipinski definition) is 0. The summed E-state index contributed by atoms with van der Waals surface area (Å²) in [4.78, 5) is 6.92. The molecule has 2 aromatic rings. The molecule has 0 fully saturated rings. The first-order valence-electron chi connectivity index (χ1n) is 7.19. The highest BCUT2D eigenvalue weighted by molar-refractivity contribution is 6.17. The van der Waals surface area contributed by atoms with Crippen molar-refractivity contribution in [3.8, 4) is 0 Å². The first-order valence-corrected chi connectivity index (χ1v) is 7.72. The maximum atomic E-state index is 6.05. The van der Waals surface area contributed by atoms with Crippen molar-refractivity contribution in [3.05, 3.63) is 53.2 Å². The zero-order valence-corrected chi connectivity index (χ0v) is 14.2. The van der Waals surface area contributed by atoms with Gasteiger partial charge >= 0.3 is 0 Å². The van der Waals surface area contributed by atoms with Gasteiger partial charge in [0.2, 0.25) is 0 Å². The lowest BCUT2D eigenvalue weighted by Gasteiger charge is -2.24. The summed E-state index contributed by atoms with van der Waals surface area (Å²) in [5.74, 6) is 1.43. The minimum absolute atomic E-state index is 0.00490. The van der Waals surface area contributed by atoms with Crippen LogP contribution in [0.15, 0.2) is 36.4 Å². The average Bonchev–Trinajstić information content (AvgIpc) is 2.46. The second-order valence-corrected chi connectivity index (χ2v) is 6.76. The van der Waals surface area contributed by atoms with Gasteiger partial charge in [-0.3, -0.25) is 0 Å². The molecule has 1 heterocycles. The Balaban J connectivity index is 2.45. The molecule has 0 aliphatic heterocycles. The monoisotopic (exact) mass is 302 g/mol. The molecule has 1 aromatic heterocycles. The molecular formula is C18H23ClN2. The Morgan fingerprint density at radius 1 is 1.10 bits per heavy atom. The van der Waals surface area contributed by atoms with E-state index in [9.17, 15) is 0 Å². The fourth-order valence-corrected chi connectivity index (χ4v) is 2.26. The van der Waals surface area contributed by atoms with E-state index in [-0.39, 0.29) is 5.41 Å². The van der Waals surface area contributed by atoms with Crippen molar-refractivity contribution in [2.24, 2.45) is 0 Å². The summed E-state index contributed by atoms with van der Waals surface area (Å²) in [6.07, 6.45) is 0. The van der Waals surface area contributed by atoms with Gasteiger partial charge in [0.05, 0.1) is 0 Å². The minimum atomic E-state index is 0.00490. The van der Waals surface area contributed by atoms with Crippen LogP contribution in [0.2, 0.25) is 0 Å². The number of pyridine rings is 1. The Morgan fingerprint density at radius 2 is 1.71 bits per heavy atom. The summed E-state index contributed by atoms with van der Waals surface area (Å²) < 4.78 is 0. The molecule has 0 saturated carbocycles. The highest BCUT2D eigenvalue weighted by Gasteiger charge is 2.18. The van der Waals surface area contributed by atoms with Crippen molar-refractivity contribution in [2.75, 3.05) is 11.9 Å². The zero-order valence-electron chi connectivity index (χ0n) is 13.4. The molecule has 1 aromatic carbocycles. The number of aromatic nitrogens is 1. The number of anilines is 2. The van der Waals surface area contributed by atoms with Crippen molar-refractivity contribution in [1.82, 2.24) is 4.98 Å². The molecule has 0 aliphatic rings. The predicted octanol–water partition coefficient (Wildman–Crippen LogP) is 5.19. The summed E-state index contributed by atoms with van der Waals surface area (Å²) in [5.41, 5.74) is 4.55. The fraction of sp³-hybridized carbons (Fsp3) is 0.389. The molecule has 0 amide bonds. The molecule has 0 N–H and O–H groups in total. The van der Waals surface area contributed by atoms with E-state index in [2.05, 4.69) is 69.0 Å². The molecule has 2 nitrogen and oxygen atoms in total. The van der Waals surface area contributed by atoms with Crippen molar-refractivity contribution in [2.45, 2.75) is 39.0 Å². The van der Waals surface area contributed by atoms with Crippen LogP contribution in [0.3, 0.4) is 0 Å². The van der Waals surface area contributed by atoms with Crippen molar-refractivity contribution >= 4 is 23.1 Å². The summed E-state index contributed by atoms with van der Waals surface area (Å²) in [6.45, 7) is 8.60. The average molecular weight is 303 g/mol. The van der Waals surface area contributed by atoms with E-state index in [0.717, 1.165) is 22.8 Å². The summed E-state index contributed by atoms with van der Waals surface area (Å²) in [7, 11) is 2.04. The van der Waals surface area contributed by atoms with Crippen LogP contribution in [0.5, 0.6) is 0 Å². The lowest BCUT2D eigenvalue weighted by Crippen LogP contribution is -2.18. The molecule has 0 saturated heterocycles. The largest absolute Gasteiger partial charge is 0.329 e. The smallest absolute Gasteiger partial charge is 0.133 e. The molecule has 0 atom stereocenters. The van der Waals surface area contributed by atoms with E-state index in [1.165, 1.54) is 5.56 Å². The Labute approximate surface area is 132 Å². The van der Waals surface area contributed by atoms with Gasteiger partial charge in [-0.25, -0.2) is 4.98 Å². The Kier molecular flexibility index (Phi) is 4.58. The molecule has 0 unspecified atom stereocenters. The maximum absolute atomic E-state index is 6.05. The minimum Gasteiger partial charge on any atom is -0.329 e. The van der Waals surface area contributed by atoms with Crippen LogP contribution >= 0.6 is 11.6 Å². The van der Waals surface area contributed by atoms with Gasteiger partial charge in [0, 0.05) is 29.7 Å². The normalized spacial score (nSPS) is 11.5. The highest BCUT2D eigenvalue weighted by Crippen LogP contribution is 2.28. The zero-order chi connectivity index (χ0) is 15.6. The number of benzene rings is 1. The molecule has 0 aliphatic carbocycles. The number of alkyl halides is 1. The van der Waals surface area contributed by atoms with Crippen LogP contribution in [-0.2, 0) is 11.3 Å². The van der Waals surface area contributed by atoms with E-state index in [0.29, 0.717) is 5.88 Å². The van der Waals surface area contributed by atoms with Crippen LogP contribution in [-0.4, -0.2) is 12.0 Å². The second-order valence-electron chi connectivity index (χ2n) is 6.50. The molecule has 21 heavy (non-hydrogen) atoms. The van der Waals surface area contributed by atoms with Crippen molar-refractivity contribution in [3.63, 3.8) is 0 Å². The quantitative estimate of drug-likeness (QED) is 0.725. The molecule has 0 spiro atoms. The Morgan fingerprint density at radius 3 is 2.24 bits per heavy atom. The number of aryl methyl sites for hydroxylation is 1. The Hall–Kier alpha value is -1.54. The summed E-state index contributed by atoms with van der Waals surface area (Å²) in [6, 6.07) is 12.6. The fourth-order valence-electron chi connectivity index (χ4n) is 2.10. The van der Waals surface area contributed by atoms with Crippen LogP contribution in [0, 0.1) is 6.92 Å². The third-order valence-electron chi connectivity index (χ3n) is 3.56. The summed E-state index contributed by atoms with van der Waals surface area (Å²) >= 11 is 6.05. The standard InChI is InChI=1S/C18H23ClN2/c1-13-6-8-15(9-7-13)21(5)17-11-14(12-19)10-16(20-17)18(2,3)4/h6-11H,12H2,1-5H3. The number of hydrogen-bond acceptors (Lipinski definition) is 2. The molecular weight excluding hydrogens is 280 g/mol. The lowest BCUT2D eigenvalue weighted by molar-refractivity contribution is 0.568. The highest BCUT2D eigenvalue weighted by atomic mass is 35.5. The van der Waals surface area contributed by atoms with Gasteiger partial charge in [0.25, 0.3) is 0 Å². The van der Waals surface area contributed by atoms with Gasteiger partial charge < -0.3 is 4.90 Å². The van der Waals surface area contributed by atoms with E-state index >= 15 is 0 Å². The maximum Gasteiger partial charge on any atom is 0.133 e. The second kappa shape index (κ2) is 6.07. The van der Waals surface area contributed by atoms with Crippen LogP contribution < -0.4 is 4.90 Å². The van der Waals surface area contributed by atoms with Gasteiger partial charge in [-0.15, -0.1) is 11.6 Å². The number of rotatable bonds is 3. The van der Waals surface area contributed by atoms with Gasteiger partial charge in [0.1, 0.15) is 5.82 Å². The van der Waals surface area contributed by atoms with Gasteiger partial charge in [-0.05, 0) is 36.8 Å². The van der Waals surface area contributed by atoms with Gasteiger partial charge in [-0.2, -0.15) is 0 Å². The molecule has 3 heteroatoms. The van der Waals surface area contributed by atoms with Gasteiger partial charge in [0.15, 0.2) is 0 Å². The van der Waals surface area contributed by atoms with Gasteiger partial charge in [-0.1, -0.05) is 38.5 Å². The van der Waals surface area contributed by atoms with E-state index in [1.807, 2.05) is 7.05 Å².